The zero-order valence-corrected chi connectivity index (χ0v) is 19.3. The summed E-state index contributed by atoms with van der Waals surface area (Å²) in [6.45, 7) is -0.481. The largest absolute Gasteiger partial charge is 0.323 e. The highest BCUT2D eigenvalue weighted by Gasteiger charge is 2.23. The maximum absolute atomic E-state index is 12.7. The average Bonchev–Trinajstić information content (AvgIpc) is 2.76. The molecule has 168 valence electrons. The Morgan fingerprint density at radius 1 is 0.812 bits per heavy atom. The topological polar surface area (TPSA) is 113 Å². The van der Waals surface area contributed by atoms with Crippen LogP contribution in [0.15, 0.2) is 88.7 Å². The van der Waals surface area contributed by atoms with Gasteiger partial charge in [0, 0.05) is 12.1 Å². The lowest BCUT2D eigenvalue weighted by molar-refractivity contribution is -0.116. The van der Waals surface area contributed by atoms with E-state index in [1.807, 2.05) is 0 Å². The summed E-state index contributed by atoms with van der Waals surface area (Å²) in [7, 11) is -6.52. The first-order valence-electron chi connectivity index (χ1n) is 9.28. The Morgan fingerprint density at radius 2 is 1.38 bits per heavy atom. The normalized spacial score (nSPS) is 11.8. The van der Waals surface area contributed by atoms with E-state index in [1.54, 1.807) is 30.3 Å². The number of para-hydroxylation sites is 2. The summed E-state index contributed by atoms with van der Waals surface area (Å²) in [6, 6.07) is 19.6. The second-order valence-electron chi connectivity index (χ2n) is 6.73. The molecule has 0 spiro atoms. The predicted molar refractivity (Wildman–Crippen MR) is 124 cm³/mol. The van der Waals surface area contributed by atoms with Crippen molar-refractivity contribution in [2.24, 2.45) is 0 Å². The zero-order valence-electron chi connectivity index (χ0n) is 16.9. The third-order valence-corrected chi connectivity index (χ3v) is 7.84. The Bertz CT molecular complexity index is 1310. The number of halogens is 1. The van der Waals surface area contributed by atoms with E-state index in [-0.39, 0.29) is 21.2 Å². The molecule has 32 heavy (non-hydrogen) atoms. The standard InChI is InChI=1S/C21H20ClN3O5S2/c1-25(32(29,30)18-13-11-16(22)12-14-18)15-21(26)23-19-9-5-6-10-20(19)24-31(27,28)17-7-3-2-4-8-17/h2-14,24H,15H2,1H3,(H,23,26). The first-order chi connectivity index (χ1) is 15.1. The number of benzene rings is 3. The predicted octanol–water partition coefficient (Wildman–Crippen LogP) is 3.40. The molecular formula is C21H20ClN3O5S2. The summed E-state index contributed by atoms with van der Waals surface area (Å²) in [4.78, 5) is 12.6. The third kappa shape index (κ3) is 5.65. The van der Waals surface area contributed by atoms with Crippen LogP contribution in [-0.2, 0) is 24.8 Å². The Kier molecular flexibility index (Phi) is 7.19. The molecule has 0 atom stereocenters. The Labute approximate surface area is 191 Å². The monoisotopic (exact) mass is 493 g/mol. The number of nitrogens with zero attached hydrogens (tertiary/aromatic N) is 1. The smallest absolute Gasteiger partial charge is 0.261 e. The van der Waals surface area contributed by atoms with Crippen molar-refractivity contribution in [3.05, 3.63) is 83.9 Å². The number of hydrogen-bond donors (Lipinski definition) is 2. The molecule has 0 saturated carbocycles. The van der Waals surface area contributed by atoms with Crippen molar-refractivity contribution >= 4 is 48.9 Å². The van der Waals surface area contributed by atoms with Gasteiger partial charge in [0.2, 0.25) is 15.9 Å². The molecule has 1 amide bonds. The maximum atomic E-state index is 12.7. The minimum absolute atomic E-state index is 0.00628. The third-order valence-electron chi connectivity index (χ3n) is 4.39. The van der Waals surface area contributed by atoms with Gasteiger partial charge < -0.3 is 5.32 Å². The van der Waals surface area contributed by atoms with Crippen LogP contribution in [0.2, 0.25) is 5.02 Å². The number of anilines is 2. The highest BCUT2D eigenvalue weighted by molar-refractivity contribution is 7.92. The fraction of sp³-hybridized carbons (Fsp3) is 0.0952. The number of likely N-dealkylation sites (N-methyl/N-ethyl adjacent to an activating group) is 1. The zero-order chi connectivity index (χ0) is 23.4. The second kappa shape index (κ2) is 9.70. The molecule has 0 aliphatic heterocycles. The molecule has 0 unspecified atom stereocenters. The van der Waals surface area contributed by atoms with Gasteiger partial charge in [-0.2, -0.15) is 4.31 Å². The molecule has 0 fully saturated rings. The van der Waals surface area contributed by atoms with E-state index in [0.29, 0.717) is 5.02 Å². The van der Waals surface area contributed by atoms with Gasteiger partial charge in [-0.25, -0.2) is 16.8 Å². The molecular weight excluding hydrogens is 474 g/mol. The number of carbonyl (C=O) groups is 1. The molecule has 3 aromatic rings. The molecule has 0 saturated heterocycles. The minimum Gasteiger partial charge on any atom is -0.323 e. The molecule has 8 nitrogen and oxygen atoms in total. The molecule has 0 radical (unpaired) electrons. The fourth-order valence-electron chi connectivity index (χ4n) is 2.75. The van der Waals surface area contributed by atoms with E-state index in [1.165, 1.54) is 55.6 Å². The summed E-state index contributed by atoms with van der Waals surface area (Å²) in [5, 5.41) is 2.94. The van der Waals surface area contributed by atoms with Crippen molar-refractivity contribution in [2.45, 2.75) is 9.79 Å². The highest BCUT2D eigenvalue weighted by Crippen LogP contribution is 2.25. The van der Waals surface area contributed by atoms with Crippen molar-refractivity contribution in [2.75, 3.05) is 23.6 Å². The van der Waals surface area contributed by atoms with E-state index in [9.17, 15) is 21.6 Å². The van der Waals surface area contributed by atoms with Gasteiger partial charge in [-0.3, -0.25) is 9.52 Å². The summed E-state index contributed by atoms with van der Waals surface area (Å²) in [5.74, 6) is -0.642. The van der Waals surface area contributed by atoms with Crippen molar-refractivity contribution in [1.29, 1.82) is 0 Å². The van der Waals surface area contributed by atoms with Crippen LogP contribution in [0, 0.1) is 0 Å². The van der Waals surface area contributed by atoms with Gasteiger partial charge in [0.1, 0.15) is 0 Å². The minimum atomic E-state index is -3.92. The van der Waals surface area contributed by atoms with Crippen LogP contribution in [0.5, 0.6) is 0 Å². The summed E-state index contributed by atoms with van der Waals surface area (Å²) >= 11 is 5.79. The molecule has 0 heterocycles. The number of hydrogen-bond acceptors (Lipinski definition) is 5. The van der Waals surface area contributed by atoms with Crippen LogP contribution in [-0.4, -0.2) is 40.6 Å². The fourth-order valence-corrected chi connectivity index (χ4v) is 5.10. The summed E-state index contributed by atoms with van der Waals surface area (Å²) < 4.78 is 53.9. The maximum Gasteiger partial charge on any atom is 0.261 e. The molecule has 0 bridgehead atoms. The molecule has 3 aromatic carbocycles. The van der Waals surface area contributed by atoms with Crippen molar-refractivity contribution in [1.82, 2.24) is 4.31 Å². The molecule has 0 aromatic heterocycles. The lowest BCUT2D eigenvalue weighted by atomic mass is 10.2. The van der Waals surface area contributed by atoms with Gasteiger partial charge in [0.25, 0.3) is 10.0 Å². The number of rotatable bonds is 8. The summed E-state index contributed by atoms with van der Waals surface area (Å²) in [6.07, 6.45) is 0. The summed E-state index contributed by atoms with van der Waals surface area (Å²) in [5.41, 5.74) is 0.335. The van der Waals surface area contributed by atoms with Crippen LogP contribution in [0.1, 0.15) is 0 Å². The van der Waals surface area contributed by atoms with Gasteiger partial charge in [-0.05, 0) is 48.5 Å². The van der Waals surface area contributed by atoms with E-state index in [0.717, 1.165) is 4.31 Å². The van der Waals surface area contributed by atoms with Gasteiger partial charge in [0.15, 0.2) is 0 Å². The molecule has 11 heteroatoms. The Morgan fingerprint density at radius 3 is 2.00 bits per heavy atom. The highest BCUT2D eigenvalue weighted by atomic mass is 35.5. The van der Waals surface area contributed by atoms with E-state index in [2.05, 4.69) is 10.0 Å². The quantitative estimate of drug-likeness (QED) is 0.499. The van der Waals surface area contributed by atoms with Crippen LogP contribution in [0.25, 0.3) is 0 Å². The van der Waals surface area contributed by atoms with Crippen molar-refractivity contribution in [3.63, 3.8) is 0 Å². The molecule has 3 rings (SSSR count). The lowest BCUT2D eigenvalue weighted by Crippen LogP contribution is -2.35. The van der Waals surface area contributed by atoms with Gasteiger partial charge in [-0.15, -0.1) is 0 Å². The molecule has 2 N–H and O–H groups in total. The van der Waals surface area contributed by atoms with E-state index in [4.69, 9.17) is 11.6 Å². The Balaban J connectivity index is 1.74. The first kappa shape index (κ1) is 23.7. The van der Waals surface area contributed by atoms with Gasteiger partial charge in [-0.1, -0.05) is 41.9 Å². The first-order valence-corrected chi connectivity index (χ1v) is 12.6. The number of nitrogens with one attached hydrogen (secondary N) is 2. The van der Waals surface area contributed by atoms with E-state index >= 15 is 0 Å². The lowest BCUT2D eigenvalue weighted by Gasteiger charge is -2.18. The van der Waals surface area contributed by atoms with Gasteiger partial charge >= 0.3 is 0 Å². The van der Waals surface area contributed by atoms with Crippen LogP contribution in [0.3, 0.4) is 0 Å². The van der Waals surface area contributed by atoms with Crippen molar-refractivity contribution in [3.8, 4) is 0 Å². The molecule has 0 aliphatic rings. The van der Waals surface area contributed by atoms with Crippen LogP contribution in [0.4, 0.5) is 11.4 Å². The van der Waals surface area contributed by atoms with Crippen molar-refractivity contribution < 1.29 is 21.6 Å². The van der Waals surface area contributed by atoms with Gasteiger partial charge in [0.05, 0.1) is 27.7 Å². The average molecular weight is 494 g/mol. The van der Waals surface area contributed by atoms with Crippen LogP contribution >= 0.6 is 11.6 Å². The molecule has 0 aliphatic carbocycles. The number of carbonyl (C=O) groups excluding carboxylic acids is 1. The SMILES string of the molecule is CN(CC(=O)Nc1ccccc1NS(=O)(=O)c1ccccc1)S(=O)(=O)c1ccc(Cl)cc1. The number of sulfonamides is 2. The number of amides is 1. The Hall–Kier alpha value is -2.92. The second-order valence-corrected chi connectivity index (χ2v) is 10.9. The van der Waals surface area contributed by atoms with Crippen LogP contribution < -0.4 is 10.0 Å². The van der Waals surface area contributed by atoms with E-state index < -0.39 is 32.5 Å².